The first-order valence-electron chi connectivity index (χ1n) is 10.5. The third kappa shape index (κ3) is 5.23. The Morgan fingerprint density at radius 1 is 1.25 bits per heavy atom. The van der Waals surface area contributed by atoms with Crippen molar-refractivity contribution in [2.75, 3.05) is 20.1 Å². The van der Waals surface area contributed by atoms with Crippen molar-refractivity contribution in [3.05, 3.63) is 11.7 Å². The van der Waals surface area contributed by atoms with Crippen LogP contribution in [-0.2, 0) is 16.8 Å². The smallest absolute Gasteiger partial charge is 0.232 e. The third-order valence-corrected chi connectivity index (χ3v) is 5.54. The van der Waals surface area contributed by atoms with Gasteiger partial charge < -0.3 is 20.1 Å². The third-order valence-electron chi connectivity index (χ3n) is 5.54. The summed E-state index contributed by atoms with van der Waals surface area (Å²) in [6.45, 7) is 8.13. The quantitative estimate of drug-likeness (QED) is 0.604. The molecule has 28 heavy (non-hydrogen) atoms. The molecule has 8 nitrogen and oxygen atoms in total. The highest BCUT2D eigenvalue weighted by molar-refractivity contribution is 5.81. The van der Waals surface area contributed by atoms with Crippen LogP contribution in [0.3, 0.4) is 0 Å². The van der Waals surface area contributed by atoms with E-state index in [1.54, 1.807) is 7.05 Å². The molecule has 1 atom stereocenters. The first-order valence-corrected chi connectivity index (χ1v) is 10.5. The minimum absolute atomic E-state index is 0.163. The Kier molecular flexibility index (Phi) is 6.57. The van der Waals surface area contributed by atoms with Crippen molar-refractivity contribution in [2.45, 2.75) is 77.3 Å². The van der Waals surface area contributed by atoms with Crippen LogP contribution in [0.4, 0.5) is 0 Å². The van der Waals surface area contributed by atoms with Gasteiger partial charge in [-0.2, -0.15) is 4.98 Å². The number of hydrogen-bond donors (Lipinski definition) is 2. The van der Waals surface area contributed by atoms with Gasteiger partial charge in [-0.05, 0) is 19.3 Å². The van der Waals surface area contributed by atoms with Crippen molar-refractivity contribution in [3.63, 3.8) is 0 Å². The number of nitrogens with zero attached hydrogens (tertiary/aromatic N) is 4. The number of carbonyl (C=O) groups is 1. The molecule has 2 N–H and O–H groups in total. The molecule has 2 fully saturated rings. The van der Waals surface area contributed by atoms with Crippen LogP contribution >= 0.6 is 0 Å². The predicted octanol–water partition coefficient (Wildman–Crippen LogP) is 2.21. The van der Waals surface area contributed by atoms with Crippen molar-refractivity contribution >= 4 is 11.9 Å². The normalized spacial score (nSPS) is 21.8. The van der Waals surface area contributed by atoms with Crippen LogP contribution in [0.5, 0.6) is 0 Å². The fourth-order valence-electron chi connectivity index (χ4n) is 3.87. The largest absolute Gasteiger partial charge is 0.352 e. The number of aliphatic imine (C=N–C) groups is 1. The second kappa shape index (κ2) is 8.92. The molecule has 1 aliphatic heterocycles. The van der Waals surface area contributed by atoms with E-state index >= 15 is 0 Å². The molecule has 2 aliphatic rings. The SMILES string of the molecule is CN=C(NCc1noc(C(C)(C)C)n1)NC1CCN(C(=O)C2CCCCC2)C1. The molecule has 1 aromatic rings. The van der Waals surface area contributed by atoms with Crippen LogP contribution in [0, 0.1) is 5.92 Å². The molecular weight excluding hydrogens is 356 g/mol. The number of hydrogen-bond acceptors (Lipinski definition) is 5. The Balaban J connectivity index is 1.46. The summed E-state index contributed by atoms with van der Waals surface area (Å²) in [4.78, 5) is 23.5. The number of guanidine groups is 1. The number of amides is 1. The number of carbonyl (C=O) groups excluding carboxylic acids is 1. The fraction of sp³-hybridized carbons (Fsp3) is 0.800. The van der Waals surface area contributed by atoms with Crippen molar-refractivity contribution in [1.29, 1.82) is 0 Å². The fourth-order valence-corrected chi connectivity index (χ4v) is 3.87. The zero-order chi connectivity index (χ0) is 20.1. The van der Waals surface area contributed by atoms with Crippen molar-refractivity contribution < 1.29 is 9.32 Å². The van der Waals surface area contributed by atoms with E-state index in [0.717, 1.165) is 32.4 Å². The topological polar surface area (TPSA) is 95.7 Å². The minimum Gasteiger partial charge on any atom is -0.352 e. The Hall–Kier alpha value is -2.12. The van der Waals surface area contributed by atoms with E-state index in [4.69, 9.17) is 4.52 Å². The Morgan fingerprint density at radius 3 is 2.64 bits per heavy atom. The molecule has 156 valence electrons. The summed E-state index contributed by atoms with van der Waals surface area (Å²) >= 11 is 0. The maximum absolute atomic E-state index is 12.7. The van der Waals surface area contributed by atoms with Crippen LogP contribution in [0.2, 0.25) is 0 Å². The molecule has 1 saturated heterocycles. The summed E-state index contributed by atoms with van der Waals surface area (Å²) in [7, 11) is 1.74. The number of rotatable bonds is 4. The van der Waals surface area contributed by atoms with Crippen LogP contribution in [-0.4, -0.2) is 53.1 Å². The molecule has 8 heteroatoms. The van der Waals surface area contributed by atoms with Crippen LogP contribution in [0.1, 0.15) is 71.0 Å². The summed E-state index contributed by atoms with van der Waals surface area (Å²) in [5.74, 6) is 2.50. The van der Waals surface area contributed by atoms with Crippen molar-refractivity contribution in [2.24, 2.45) is 10.9 Å². The minimum atomic E-state index is -0.163. The molecule has 1 aliphatic carbocycles. The molecule has 3 rings (SSSR count). The standard InChI is InChI=1S/C20H34N6O2/c1-20(2,3)18-24-16(25-28-18)12-22-19(21-4)23-15-10-11-26(13-15)17(27)14-8-6-5-7-9-14/h14-15H,5-13H2,1-4H3,(H2,21,22,23). The van der Waals surface area contributed by atoms with Crippen LogP contribution in [0.15, 0.2) is 9.52 Å². The molecule has 0 aromatic carbocycles. The highest BCUT2D eigenvalue weighted by Crippen LogP contribution is 2.26. The number of aromatic nitrogens is 2. The summed E-state index contributed by atoms with van der Waals surface area (Å²) in [5.41, 5.74) is -0.163. The second-order valence-corrected chi connectivity index (χ2v) is 8.94. The van der Waals surface area contributed by atoms with Crippen molar-refractivity contribution in [3.8, 4) is 0 Å². The summed E-state index contributed by atoms with van der Waals surface area (Å²) in [6.07, 6.45) is 6.70. The molecule has 1 aromatic heterocycles. The molecule has 0 spiro atoms. The predicted molar refractivity (Wildman–Crippen MR) is 108 cm³/mol. The number of likely N-dealkylation sites (tertiary alicyclic amines) is 1. The van der Waals surface area contributed by atoms with E-state index in [0.29, 0.717) is 30.1 Å². The average molecular weight is 391 g/mol. The highest BCUT2D eigenvalue weighted by Gasteiger charge is 2.31. The Bertz CT molecular complexity index is 687. The Labute approximate surface area is 167 Å². The maximum atomic E-state index is 12.7. The van der Waals surface area contributed by atoms with Crippen LogP contribution < -0.4 is 10.6 Å². The van der Waals surface area contributed by atoms with Gasteiger partial charge in [0, 0.05) is 37.5 Å². The van der Waals surface area contributed by atoms with Gasteiger partial charge in [0.2, 0.25) is 11.8 Å². The summed E-state index contributed by atoms with van der Waals surface area (Å²) in [5, 5.41) is 10.7. The van der Waals surface area contributed by atoms with E-state index in [1.165, 1.54) is 19.3 Å². The summed E-state index contributed by atoms with van der Waals surface area (Å²) in [6, 6.07) is 0.217. The van der Waals surface area contributed by atoms with Gasteiger partial charge >= 0.3 is 0 Å². The summed E-state index contributed by atoms with van der Waals surface area (Å²) < 4.78 is 5.32. The lowest BCUT2D eigenvalue weighted by molar-refractivity contribution is -0.135. The van der Waals surface area contributed by atoms with E-state index in [-0.39, 0.29) is 17.4 Å². The molecular formula is C20H34N6O2. The van der Waals surface area contributed by atoms with Gasteiger partial charge in [0.25, 0.3) is 0 Å². The lowest BCUT2D eigenvalue weighted by Gasteiger charge is -2.26. The zero-order valence-corrected chi connectivity index (χ0v) is 17.6. The van der Waals surface area contributed by atoms with E-state index in [9.17, 15) is 4.79 Å². The van der Waals surface area contributed by atoms with Gasteiger partial charge in [-0.1, -0.05) is 45.2 Å². The second-order valence-electron chi connectivity index (χ2n) is 8.94. The maximum Gasteiger partial charge on any atom is 0.232 e. The lowest BCUT2D eigenvalue weighted by atomic mass is 9.88. The zero-order valence-electron chi connectivity index (χ0n) is 17.6. The first-order chi connectivity index (χ1) is 13.4. The molecule has 2 heterocycles. The molecule has 0 bridgehead atoms. The van der Waals surface area contributed by atoms with Gasteiger partial charge in [0.05, 0.1) is 6.54 Å². The monoisotopic (exact) mass is 390 g/mol. The van der Waals surface area contributed by atoms with E-state index in [2.05, 4.69) is 25.8 Å². The molecule has 1 saturated carbocycles. The molecule has 1 amide bonds. The van der Waals surface area contributed by atoms with Gasteiger partial charge in [-0.3, -0.25) is 9.79 Å². The lowest BCUT2D eigenvalue weighted by Crippen LogP contribution is -2.45. The first kappa shape index (κ1) is 20.6. The van der Waals surface area contributed by atoms with E-state index < -0.39 is 0 Å². The van der Waals surface area contributed by atoms with Crippen LogP contribution in [0.25, 0.3) is 0 Å². The van der Waals surface area contributed by atoms with E-state index in [1.807, 2.05) is 25.7 Å². The van der Waals surface area contributed by atoms with Crippen molar-refractivity contribution in [1.82, 2.24) is 25.7 Å². The average Bonchev–Trinajstić information content (AvgIpc) is 3.34. The molecule has 0 radical (unpaired) electrons. The molecule has 1 unspecified atom stereocenters. The number of nitrogens with one attached hydrogen (secondary N) is 2. The highest BCUT2D eigenvalue weighted by atomic mass is 16.5. The van der Waals surface area contributed by atoms with Gasteiger partial charge in [-0.15, -0.1) is 0 Å². The van der Waals surface area contributed by atoms with Gasteiger partial charge in [0.15, 0.2) is 11.8 Å². The van der Waals surface area contributed by atoms with Gasteiger partial charge in [0.1, 0.15) is 0 Å². The van der Waals surface area contributed by atoms with Gasteiger partial charge in [-0.25, -0.2) is 0 Å². The Morgan fingerprint density at radius 2 is 2.00 bits per heavy atom.